The normalized spacial score (nSPS) is 23.1. The average molecular weight is 452 g/mol. The molecule has 176 valence electrons. The summed E-state index contributed by atoms with van der Waals surface area (Å²) in [6.07, 6.45) is 6.90. The van der Waals surface area contributed by atoms with E-state index >= 15 is 0 Å². The van der Waals surface area contributed by atoms with Gasteiger partial charge in [-0.15, -0.1) is 0 Å². The molecule has 1 saturated heterocycles. The SMILES string of the molecule is COC1(NCCCN2CCOCC2)C=CC2=NCC(C(N)=O)=C(Nc3ccccc3C)C2=C1. The summed E-state index contributed by atoms with van der Waals surface area (Å²) in [7, 11) is 1.68. The number of allylic oxidation sites excluding steroid dienone is 2. The van der Waals surface area contributed by atoms with Gasteiger partial charge in [0.05, 0.1) is 36.7 Å². The number of ether oxygens (including phenoxy) is 2. The molecule has 4 rings (SSSR count). The molecule has 33 heavy (non-hydrogen) atoms. The molecular formula is C25H33N5O3. The summed E-state index contributed by atoms with van der Waals surface area (Å²) < 4.78 is 11.3. The van der Waals surface area contributed by atoms with Gasteiger partial charge in [-0.05, 0) is 56.3 Å². The number of aliphatic imine (C=N–C) groups is 1. The average Bonchev–Trinajstić information content (AvgIpc) is 2.84. The third kappa shape index (κ3) is 5.42. The second-order valence-electron chi connectivity index (χ2n) is 8.48. The molecule has 8 heteroatoms. The third-order valence-corrected chi connectivity index (χ3v) is 6.30. The van der Waals surface area contributed by atoms with E-state index in [1.165, 1.54) is 0 Å². The molecule has 1 aliphatic carbocycles. The Morgan fingerprint density at radius 1 is 1.30 bits per heavy atom. The van der Waals surface area contributed by atoms with Crippen LogP contribution in [0.3, 0.4) is 0 Å². The second kappa shape index (κ2) is 10.4. The van der Waals surface area contributed by atoms with Crippen LogP contribution < -0.4 is 16.4 Å². The number of dihydropyridines is 1. The number of nitrogens with two attached hydrogens (primary N) is 1. The number of primary amides is 1. The van der Waals surface area contributed by atoms with Crippen molar-refractivity contribution in [1.82, 2.24) is 10.2 Å². The number of amides is 1. The molecule has 0 bridgehead atoms. The van der Waals surface area contributed by atoms with Gasteiger partial charge in [0.15, 0.2) is 5.72 Å². The number of anilines is 1. The first-order valence-corrected chi connectivity index (χ1v) is 11.4. The molecule has 8 nitrogen and oxygen atoms in total. The van der Waals surface area contributed by atoms with E-state index in [4.69, 9.17) is 15.2 Å². The number of carbonyl (C=O) groups excluding carboxylic acids is 1. The van der Waals surface area contributed by atoms with Gasteiger partial charge >= 0.3 is 0 Å². The third-order valence-electron chi connectivity index (χ3n) is 6.30. The first kappa shape index (κ1) is 23.4. The Morgan fingerprint density at radius 2 is 2.09 bits per heavy atom. The fourth-order valence-electron chi connectivity index (χ4n) is 4.28. The number of rotatable bonds is 9. The van der Waals surface area contributed by atoms with Crippen molar-refractivity contribution in [1.29, 1.82) is 0 Å². The van der Waals surface area contributed by atoms with Gasteiger partial charge in [0.25, 0.3) is 0 Å². The van der Waals surface area contributed by atoms with E-state index in [2.05, 4.69) is 20.5 Å². The molecule has 1 amide bonds. The minimum atomic E-state index is -0.794. The summed E-state index contributed by atoms with van der Waals surface area (Å²) in [5.41, 5.74) is 9.68. The van der Waals surface area contributed by atoms with Gasteiger partial charge in [0.2, 0.25) is 5.91 Å². The van der Waals surface area contributed by atoms with Crippen molar-refractivity contribution < 1.29 is 14.3 Å². The highest BCUT2D eigenvalue weighted by atomic mass is 16.5. The Hall–Kier alpha value is -2.78. The van der Waals surface area contributed by atoms with E-state index in [1.54, 1.807) is 7.11 Å². The summed E-state index contributed by atoms with van der Waals surface area (Å²) in [5.74, 6) is -0.481. The van der Waals surface area contributed by atoms with E-state index < -0.39 is 11.6 Å². The van der Waals surface area contributed by atoms with Gasteiger partial charge in [0.1, 0.15) is 0 Å². The molecule has 0 radical (unpaired) electrons. The fraction of sp³-hybridized carbons (Fsp3) is 0.440. The van der Waals surface area contributed by atoms with Crippen molar-refractivity contribution in [2.45, 2.75) is 19.1 Å². The van der Waals surface area contributed by atoms with Crippen LogP contribution in [0.1, 0.15) is 12.0 Å². The summed E-state index contributed by atoms with van der Waals surface area (Å²) >= 11 is 0. The monoisotopic (exact) mass is 451 g/mol. The molecule has 0 saturated carbocycles. The summed E-state index contributed by atoms with van der Waals surface area (Å²) in [6, 6.07) is 7.95. The number of nitrogens with one attached hydrogen (secondary N) is 2. The highest BCUT2D eigenvalue weighted by Gasteiger charge is 2.33. The van der Waals surface area contributed by atoms with E-state index in [-0.39, 0.29) is 6.54 Å². The Morgan fingerprint density at radius 3 is 2.82 bits per heavy atom. The predicted molar refractivity (Wildman–Crippen MR) is 130 cm³/mol. The number of carbonyl (C=O) groups is 1. The van der Waals surface area contributed by atoms with Gasteiger partial charge in [-0.3, -0.25) is 20.0 Å². The fourth-order valence-corrected chi connectivity index (χ4v) is 4.28. The van der Waals surface area contributed by atoms with E-state index in [9.17, 15) is 4.79 Å². The van der Waals surface area contributed by atoms with Crippen LogP contribution in [0.15, 0.2) is 64.3 Å². The maximum Gasteiger partial charge on any atom is 0.248 e. The van der Waals surface area contributed by atoms with Crippen molar-refractivity contribution >= 4 is 17.3 Å². The van der Waals surface area contributed by atoms with Crippen LogP contribution in [-0.4, -0.2) is 75.3 Å². The summed E-state index contributed by atoms with van der Waals surface area (Å²) in [4.78, 5) is 19.3. The Kier molecular flexibility index (Phi) is 7.39. The number of morpholine rings is 1. The first-order valence-electron chi connectivity index (χ1n) is 11.4. The Bertz CT molecular complexity index is 1010. The highest BCUT2D eigenvalue weighted by molar-refractivity contribution is 6.16. The molecule has 1 aromatic carbocycles. The number of methoxy groups -OCH3 is 1. The van der Waals surface area contributed by atoms with Gasteiger partial charge in [-0.2, -0.15) is 0 Å². The Labute approximate surface area is 195 Å². The number of para-hydroxylation sites is 1. The van der Waals surface area contributed by atoms with E-state index in [0.29, 0.717) is 11.3 Å². The van der Waals surface area contributed by atoms with E-state index in [1.807, 2.05) is 49.4 Å². The van der Waals surface area contributed by atoms with Crippen LogP contribution in [0.25, 0.3) is 0 Å². The summed E-state index contributed by atoms with van der Waals surface area (Å²) in [5, 5.41) is 6.98. The largest absolute Gasteiger partial charge is 0.379 e. The topological polar surface area (TPSA) is 101 Å². The number of nitrogens with zero attached hydrogens (tertiary/aromatic N) is 2. The molecule has 2 aliphatic heterocycles. The number of aryl methyl sites for hydroxylation is 1. The van der Waals surface area contributed by atoms with Gasteiger partial charge in [-0.1, -0.05) is 18.2 Å². The quantitative estimate of drug-likeness (QED) is 0.391. The minimum Gasteiger partial charge on any atom is -0.379 e. The van der Waals surface area contributed by atoms with E-state index in [0.717, 1.165) is 68.3 Å². The van der Waals surface area contributed by atoms with Crippen LogP contribution in [0.4, 0.5) is 5.69 Å². The lowest BCUT2D eigenvalue weighted by atomic mass is 9.90. The maximum atomic E-state index is 12.3. The van der Waals surface area contributed by atoms with Crippen molar-refractivity contribution in [2.24, 2.45) is 10.7 Å². The highest BCUT2D eigenvalue weighted by Crippen LogP contribution is 2.31. The maximum absolute atomic E-state index is 12.3. The minimum absolute atomic E-state index is 0.244. The van der Waals surface area contributed by atoms with Crippen molar-refractivity contribution in [3.8, 4) is 0 Å². The van der Waals surface area contributed by atoms with Crippen LogP contribution in [0, 0.1) is 6.92 Å². The lowest BCUT2D eigenvalue weighted by Crippen LogP contribution is -2.47. The Balaban J connectivity index is 1.55. The van der Waals surface area contributed by atoms with Gasteiger partial charge in [-0.25, -0.2) is 0 Å². The zero-order valence-electron chi connectivity index (χ0n) is 19.4. The van der Waals surface area contributed by atoms with Crippen molar-refractivity contribution in [3.05, 3.63) is 64.9 Å². The number of hydrogen-bond acceptors (Lipinski definition) is 7. The molecule has 1 aromatic rings. The van der Waals surface area contributed by atoms with Gasteiger partial charge < -0.3 is 20.5 Å². The lowest BCUT2D eigenvalue weighted by molar-refractivity contribution is -0.114. The number of hydrogen-bond donors (Lipinski definition) is 3. The van der Waals surface area contributed by atoms with Crippen LogP contribution >= 0.6 is 0 Å². The molecule has 4 N–H and O–H groups in total. The number of fused-ring (bicyclic) bond motifs is 1. The van der Waals surface area contributed by atoms with Crippen molar-refractivity contribution in [2.75, 3.05) is 58.4 Å². The van der Waals surface area contributed by atoms with Crippen LogP contribution in [-0.2, 0) is 14.3 Å². The van der Waals surface area contributed by atoms with Crippen LogP contribution in [0.5, 0.6) is 0 Å². The molecular weight excluding hydrogens is 418 g/mol. The molecule has 0 spiro atoms. The zero-order chi connectivity index (χ0) is 23.3. The molecule has 1 atom stereocenters. The molecule has 3 aliphatic rings. The zero-order valence-corrected chi connectivity index (χ0v) is 19.4. The molecule has 2 heterocycles. The van der Waals surface area contributed by atoms with Gasteiger partial charge in [0, 0.05) is 31.5 Å². The molecule has 1 unspecified atom stereocenters. The molecule has 1 fully saturated rings. The lowest BCUT2D eigenvalue weighted by Gasteiger charge is -2.34. The number of benzene rings is 1. The van der Waals surface area contributed by atoms with Crippen LogP contribution in [0.2, 0.25) is 0 Å². The van der Waals surface area contributed by atoms with Crippen molar-refractivity contribution in [3.63, 3.8) is 0 Å². The molecule has 0 aromatic heterocycles. The smallest absolute Gasteiger partial charge is 0.248 e. The second-order valence-corrected chi connectivity index (χ2v) is 8.48. The standard InChI is InChI=1S/C25H33N5O3/c1-18-6-3-4-7-21(18)29-23-19-16-25(32-2,9-8-22(19)27-17-20(23)24(26)31)28-10-5-11-30-12-14-33-15-13-30/h3-4,6-9,16,28-29H,5,10-15,17H2,1-2H3,(H2,26,31). The predicted octanol–water partition coefficient (Wildman–Crippen LogP) is 1.75. The first-order chi connectivity index (χ1) is 16.0. The summed E-state index contributed by atoms with van der Waals surface area (Å²) in [6.45, 7) is 7.62.